The summed E-state index contributed by atoms with van der Waals surface area (Å²) in [6.07, 6.45) is 3.79. The van der Waals surface area contributed by atoms with Crippen LogP contribution >= 0.6 is 0 Å². The molecule has 3 aromatic carbocycles. The van der Waals surface area contributed by atoms with Crippen LogP contribution in [0, 0.1) is 35.1 Å². The van der Waals surface area contributed by atoms with Crippen LogP contribution in [0.1, 0.15) is 16.7 Å². The second-order valence-corrected chi connectivity index (χ2v) is 7.05. The third-order valence-electron chi connectivity index (χ3n) is 4.81. The number of methoxy groups -OCH3 is 1. The molecular formula is C25H16F4N2O. The monoisotopic (exact) mass is 436 g/mol. The molecule has 4 rings (SSSR count). The summed E-state index contributed by atoms with van der Waals surface area (Å²) in [7, 11) is 1.59. The molecule has 0 aliphatic rings. The van der Waals surface area contributed by atoms with Gasteiger partial charge in [-0.2, -0.15) is 0 Å². The SMILES string of the molecule is COCCc1cnc(-c2cc(F)c(C#Cc3ccc4cc(F)c(F)cc4c3)c(F)c2)nc1. The third-order valence-corrected chi connectivity index (χ3v) is 4.81. The number of hydrogen-bond acceptors (Lipinski definition) is 3. The first-order chi connectivity index (χ1) is 15.4. The average Bonchev–Trinajstić information content (AvgIpc) is 2.78. The van der Waals surface area contributed by atoms with Gasteiger partial charge in [-0.3, -0.25) is 0 Å². The Morgan fingerprint density at radius 2 is 1.44 bits per heavy atom. The second kappa shape index (κ2) is 9.16. The number of hydrogen-bond donors (Lipinski definition) is 0. The highest BCUT2D eigenvalue weighted by atomic mass is 19.2. The Morgan fingerprint density at radius 3 is 2.09 bits per heavy atom. The van der Waals surface area contributed by atoms with Gasteiger partial charge in [0.1, 0.15) is 11.6 Å². The Morgan fingerprint density at radius 1 is 0.781 bits per heavy atom. The predicted octanol–water partition coefficient (Wildman–Crippen LogP) is 5.44. The minimum absolute atomic E-state index is 0.187. The van der Waals surface area contributed by atoms with Crippen molar-refractivity contribution in [2.75, 3.05) is 13.7 Å². The molecule has 0 N–H and O–H groups in total. The number of fused-ring (bicyclic) bond motifs is 1. The van der Waals surface area contributed by atoms with Crippen molar-refractivity contribution < 1.29 is 22.3 Å². The summed E-state index contributed by atoms with van der Waals surface area (Å²) < 4.78 is 61.0. The lowest BCUT2D eigenvalue weighted by Crippen LogP contribution is -1.99. The number of aromatic nitrogens is 2. The van der Waals surface area contributed by atoms with Crippen LogP contribution < -0.4 is 0 Å². The zero-order valence-electron chi connectivity index (χ0n) is 16.9. The van der Waals surface area contributed by atoms with Gasteiger partial charge in [-0.1, -0.05) is 17.9 Å². The molecule has 32 heavy (non-hydrogen) atoms. The quantitative estimate of drug-likeness (QED) is 0.316. The molecule has 0 radical (unpaired) electrons. The van der Waals surface area contributed by atoms with Gasteiger partial charge in [0.2, 0.25) is 0 Å². The van der Waals surface area contributed by atoms with Crippen molar-refractivity contribution in [1.82, 2.24) is 9.97 Å². The van der Waals surface area contributed by atoms with Gasteiger partial charge in [-0.15, -0.1) is 0 Å². The van der Waals surface area contributed by atoms with Crippen LogP contribution in [0.15, 0.2) is 54.9 Å². The van der Waals surface area contributed by atoms with Crippen molar-refractivity contribution in [1.29, 1.82) is 0 Å². The molecule has 0 aliphatic carbocycles. The van der Waals surface area contributed by atoms with Gasteiger partial charge in [0.05, 0.1) is 12.2 Å². The average molecular weight is 436 g/mol. The Hall–Kier alpha value is -3.76. The summed E-state index contributed by atoms with van der Waals surface area (Å²) in [5.41, 5.74) is 1.03. The molecule has 0 atom stereocenters. The Balaban J connectivity index is 1.61. The molecule has 0 spiro atoms. The maximum atomic E-state index is 14.6. The first kappa shape index (κ1) is 21.5. The fourth-order valence-corrected chi connectivity index (χ4v) is 3.13. The second-order valence-electron chi connectivity index (χ2n) is 7.05. The van der Waals surface area contributed by atoms with E-state index in [0.29, 0.717) is 29.4 Å². The number of rotatable bonds is 4. The van der Waals surface area contributed by atoms with Gasteiger partial charge in [0, 0.05) is 30.6 Å². The van der Waals surface area contributed by atoms with E-state index in [4.69, 9.17) is 4.74 Å². The zero-order valence-corrected chi connectivity index (χ0v) is 16.9. The summed E-state index contributed by atoms with van der Waals surface area (Å²) in [6.45, 7) is 0.516. The van der Waals surface area contributed by atoms with E-state index >= 15 is 0 Å². The van der Waals surface area contributed by atoms with E-state index in [-0.39, 0.29) is 11.4 Å². The first-order valence-electron chi connectivity index (χ1n) is 9.64. The third kappa shape index (κ3) is 4.61. The molecule has 4 aromatic rings. The Kier molecular flexibility index (Phi) is 6.15. The van der Waals surface area contributed by atoms with Crippen LogP contribution in [-0.4, -0.2) is 23.7 Å². The van der Waals surface area contributed by atoms with Crippen LogP contribution in [0.4, 0.5) is 17.6 Å². The van der Waals surface area contributed by atoms with Crippen molar-refractivity contribution in [3.8, 4) is 23.2 Å². The van der Waals surface area contributed by atoms with E-state index in [1.807, 2.05) is 0 Å². The number of ether oxygens (including phenoxy) is 1. The number of nitrogens with zero attached hydrogens (tertiary/aromatic N) is 2. The van der Waals surface area contributed by atoms with Crippen molar-refractivity contribution >= 4 is 10.8 Å². The van der Waals surface area contributed by atoms with Crippen LogP contribution in [0.2, 0.25) is 0 Å². The molecule has 0 unspecified atom stereocenters. The van der Waals surface area contributed by atoms with Crippen molar-refractivity contribution in [2.24, 2.45) is 0 Å². The molecular weight excluding hydrogens is 420 g/mol. The summed E-state index contributed by atoms with van der Waals surface area (Å²) >= 11 is 0. The van der Waals surface area contributed by atoms with Gasteiger partial charge >= 0.3 is 0 Å². The molecule has 3 nitrogen and oxygen atoms in total. The minimum Gasteiger partial charge on any atom is -0.384 e. The number of benzene rings is 3. The van der Waals surface area contributed by atoms with Gasteiger partial charge in [-0.05, 0) is 59.2 Å². The summed E-state index contributed by atoms with van der Waals surface area (Å²) in [5, 5.41) is 0.919. The minimum atomic E-state index is -0.982. The fraction of sp³-hybridized carbons (Fsp3) is 0.120. The molecule has 0 amide bonds. The van der Waals surface area contributed by atoms with E-state index in [9.17, 15) is 17.6 Å². The first-order valence-corrected chi connectivity index (χ1v) is 9.64. The normalized spacial score (nSPS) is 10.8. The molecule has 0 fully saturated rings. The lowest BCUT2D eigenvalue weighted by molar-refractivity contribution is 0.202. The standard InChI is InChI=1S/C25H16F4N2O/c1-32-7-6-16-13-30-25(31-14-16)19-11-21(26)20(22(27)12-19)5-3-15-2-4-17-9-23(28)24(29)10-18(17)8-15/h2,4,8-14H,6-7H2,1H3. The summed E-state index contributed by atoms with van der Waals surface area (Å²) in [5.74, 6) is 1.69. The molecule has 1 heterocycles. The Labute approximate surface area is 181 Å². The van der Waals surface area contributed by atoms with Crippen LogP contribution in [0.25, 0.3) is 22.2 Å². The maximum Gasteiger partial charge on any atom is 0.159 e. The maximum absolute atomic E-state index is 14.6. The predicted molar refractivity (Wildman–Crippen MR) is 113 cm³/mol. The van der Waals surface area contributed by atoms with Gasteiger partial charge in [-0.25, -0.2) is 27.5 Å². The molecule has 0 saturated carbocycles. The molecule has 0 bridgehead atoms. The summed E-state index contributed by atoms with van der Waals surface area (Å²) in [6, 6.07) is 9.01. The van der Waals surface area contributed by atoms with Gasteiger partial charge in [0.15, 0.2) is 17.5 Å². The van der Waals surface area contributed by atoms with E-state index in [1.54, 1.807) is 31.6 Å². The highest BCUT2D eigenvalue weighted by Crippen LogP contribution is 2.23. The van der Waals surface area contributed by atoms with E-state index in [2.05, 4.69) is 21.8 Å². The van der Waals surface area contributed by atoms with Crippen molar-refractivity contribution in [2.45, 2.75) is 6.42 Å². The smallest absolute Gasteiger partial charge is 0.159 e. The largest absolute Gasteiger partial charge is 0.384 e. The van der Waals surface area contributed by atoms with Crippen LogP contribution in [0.5, 0.6) is 0 Å². The lowest BCUT2D eigenvalue weighted by Gasteiger charge is -2.05. The van der Waals surface area contributed by atoms with E-state index in [1.165, 1.54) is 6.07 Å². The van der Waals surface area contributed by atoms with Crippen molar-refractivity contribution in [3.63, 3.8) is 0 Å². The van der Waals surface area contributed by atoms with E-state index < -0.39 is 28.8 Å². The van der Waals surface area contributed by atoms with Gasteiger partial charge < -0.3 is 4.74 Å². The van der Waals surface area contributed by atoms with E-state index in [0.717, 1.165) is 29.8 Å². The topological polar surface area (TPSA) is 35.0 Å². The Bertz CT molecular complexity index is 1340. The fourth-order valence-electron chi connectivity index (χ4n) is 3.13. The van der Waals surface area contributed by atoms with Crippen molar-refractivity contribution in [3.05, 3.63) is 94.8 Å². The highest BCUT2D eigenvalue weighted by molar-refractivity contribution is 5.84. The number of halogens is 4. The molecule has 0 saturated heterocycles. The van der Waals surface area contributed by atoms with Crippen LogP contribution in [0.3, 0.4) is 0 Å². The zero-order chi connectivity index (χ0) is 22.7. The van der Waals surface area contributed by atoms with Crippen LogP contribution in [-0.2, 0) is 11.2 Å². The van der Waals surface area contributed by atoms with Gasteiger partial charge in [0.25, 0.3) is 0 Å². The lowest BCUT2D eigenvalue weighted by atomic mass is 10.1. The molecule has 160 valence electrons. The molecule has 7 heteroatoms. The summed E-state index contributed by atoms with van der Waals surface area (Å²) in [4.78, 5) is 8.31. The molecule has 1 aromatic heterocycles. The molecule has 0 aliphatic heterocycles. The highest BCUT2D eigenvalue weighted by Gasteiger charge is 2.12.